The van der Waals surface area contributed by atoms with Gasteiger partial charge in [-0.2, -0.15) is 0 Å². The normalized spacial score (nSPS) is 49.3. The van der Waals surface area contributed by atoms with Crippen LogP contribution in [0.15, 0.2) is 12.2 Å². The monoisotopic (exact) mass is 432 g/mol. The van der Waals surface area contributed by atoms with Crippen LogP contribution >= 0.6 is 0 Å². The van der Waals surface area contributed by atoms with Crippen molar-refractivity contribution in [3.8, 4) is 0 Å². The second-order valence-electron chi connectivity index (χ2n) is 11.1. The smallest absolute Gasteiger partial charge is 0.303 e. The Balaban J connectivity index is 1.78. The van der Waals surface area contributed by atoms with Gasteiger partial charge in [0.05, 0.1) is 12.0 Å². The lowest BCUT2D eigenvalue weighted by atomic mass is 9.36. The van der Waals surface area contributed by atoms with Gasteiger partial charge < -0.3 is 19.3 Å². The maximum absolute atomic E-state index is 13.7. The minimum Gasteiger partial charge on any atom is -0.462 e. The van der Waals surface area contributed by atoms with Gasteiger partial charge in [-0.25, -0.2) is 0 Å². The minimum absolute atomic E-state index is 0.00710. The number of rotatable bonds is 2. The number of ether oxygens (including phenoxy) is 3. The summed E-state index contributed by atoms with van der Waals surface area (Å²) in [6.45, 7) is 11.1. The van der Waals surface area contributed by atoms with Gasteiger partial charge in [0.2, 0.25) is 5.79 Å². The number of carbonyl (C=O) groups is 3. The van der Waals surface area contributed by atoms with E-state index in [-0.39, 0.29) is 41.5 Å². The second kappa shape index (κ2) is 6.19. The molecule has 6 aliphatic rings. The van der Waals surface area contributed by atoms with Crippen molar-refractivity contribution >= 4 is 17.7 Å². The van der Waals surface area contributed by atoms with Gasteiger partial charge in [-0.05, 0) is 54.9 Å². The van der Waals surface area contributed by atoms with Crippen molar-refractivity contribution in [2.24, 2.45) is 34.0 Å². The lowest BCUT2D eigenvalue weighted by molar-refractivity contribution is -0.447. The number of hydrogen-bond acceptors (Lipinski definition) is 7. The van der Waals surface area contributed by atoms with Gasteiger partial charge in [-0.1, -0.05) is 20.4 Å². The van der Waals surface area contributed by atoms with E-state index >= 15 is 0 Å². The fraction of sp³-hybridized carbons (Fsp3) is 0.792. The average Bonchev–Trinajstić information content (AvgIpc) is 2.86. The van der Waals surface area contributed by atoms with Gasteiger partial charge in [0.1, 0.15) is 6.10 Å². The van der Waals surface area contributed by atoms with Crippen LogP contribution < -0.4 is 0 Å². The lowest BCUT2D eigenvalue weighted by Crippen LogP contribution is -2.84. The summed E-state index contributed by atoms with van der Waals surface area (Å²) in [5.74, 6) is -3.55. The third kappa shape index (κ3) is 2.29. The number of fused-ring (bicyclic) bond motifs is 2. The van der Waals surface area contributed by atoms with Crippen LogP contribution in [-0.4, -0.2) is 47.4 Å². The Hall–Kier alpha value is -1.73. The predicted octanol–water partition coefficient (Wildman–Crippen LogP) is 2.55. The SMILES string of the molecule is C=C1C(=O)C23CC1CCC2C12COC3(O)C(OC(C)=O)C1C(C)(C)CCC2OC(C)=O. The summed E-state index contributed by atoms with van der Waals surface area (Å²) < 4.78 is 17.9. The largest absolute Gasteiger partial charge is 0.462 e. The molecular formula is C24H32O7. The van der Waals surface area contributed by atoms with Gasteiger partial charge in [-0.15, -0.1) is 0 Å². The quantitative estimate of drug-likeness (QED) is 0.529. The number of allylic oxidation sites excluding steroid dienone is 1. The maximum Gasteiger partial charge on any atom is 0.303 e. The van der Waals surface area contributed by atoms with Crippen molar-refractivity contribution < 1.29 is 33.7 Å². The summed E-state index contributed by atoms with van der Waals surface area (Å²) in [7, 11) is 0. The number of ketones is 1. The zero-order chi connectivity index (χ0) is 22.6. The molecule has 7 nitrogen and oxygen atoms in total. The van der Waals surface area contributed by atoms with Gasteiger partial charge in [0, 0.05) is 25.2 Å². The molecule has 0 radical (unpaired) electrons. The fourth-order valence-corrected chi connectivity index (χ4v) is 8.45. The molecule has 0 aromatic carbocycles. The highest BCUT2D eigenvalue weighted by Gasteiger charge is 2.85. The molecule has 2 heterocycles. The Kier molecular flexibility index (Phi) is 4.22. The lowest BCUT2D eigenvalue weighted by Gasteiger charge is -2.74. The zero-order valence-electron chi connectivity index (χ0n) is 18.7. The highest BCUT2D eigenvalue weighted by atomic mass is 16.7. The second-order valence-corrected chi connectivity index (χ2v) is 11.1. The maximum atomic E-state index is 13.7. The van der Waals surface area contributed by atoms with E-state index in [1.807, 2.05) is 0 Å². The first-order valence-electron chi connectivity index (χ1n) is 11.4. The highest BCUT2D eigenvalue weighted by Crippen LogP contribution is 2.77. The molecular weight excluding hydrogens is 400 g/mol. The van der Waals surface area contributed by atoms with Crippen molar-refractivity contribution in [1.82, 2.24) is 0 Å². The van der Waals surface area contributed by atoms with Crippen molar-refractivity contribution in [2.45, 2.75) is 77.8 Å². The molecule has 31 heavy (non-hydrogen) atoms. The van der Waals surface area contributed by atoms with Crippen LogP contribution in [0.25, 0.3) is 0 Å². The molecule has 4 saturated carbocycles. The van der Waals surface area contributed by atoms with Crippen LogP contribution in [0.5, 0.6) is 0 Å². The van der Waals surface area contributed by atoms with Crippen molar-refractivity contribution in [3.05, 3.63) is 12.2 Å². The number of esters is 2. The molecule has 0 amide bonds. The summed E-state index contributed by atoms with van der Waals surface area (Å²) in [5, 5.41) is 12.2. The van der Waals surface area contributed by atoms with Crippen LogP contribution in [0.1, 0.15) is 59.8 Å². The number of carbonyl (C=O) groups excluding carboxylic acids is 3. The Morgan fingerprint density at radius 1 is 1.13 bits per heavy atom. The van der Waals surface area contributed by atoms with Crippen molar-refractivity contribution in [3.63, 3.8) is 0 Å². The van der Waals surface area contributed by atoms with E-state index in [2.05, 4.69) is 20.4 Å². The van der Waals surface area contributed by atoms with Crippen molar-refractivity contribution in [1.29, 1.82) is 0 Å². The zero-order valence-corrected chi connectivity index (χ0v) is 18.7. The van der Waals surface area contributed by atoms with Crippen LogP contribution in [0.2, 0.25) is 0 Å². The molecule has 8 atom stereocenters. The summed E-state index contributed by atoms with van der Waals surface area (Å²) in [5.41, 5.74) is -1.73. The molecule has 170 valence electrons. The molecule has 8 unspecified atom stereocenters. The summed E-state index contributed by atoms with van der Waals surface area (Å²) in [6.07, 6.45) is 1.87. The van der Waals surface area contributed by atoms with Crippen molar-refractivity contribution in [2.75, 3.05) is 6.61 Å². The van der Waals surface area contributed by atoms with Crippen LogP contribution in [0.4, 0.5) is 0 Å². The van der Waals surface area contributed by atoms with E-state index in [1.54, 1.807) is 0 Å². The molecule has 6 fully saturated rings. The first-order chi connectivity index (χ1) is 14.4. The minimum atomic E-state index is -1.92. The van der Waals surface area contributed by atoms with E-state index in [1.165, 1.54) is 13.8 Å². The van der Waals surface area contributed by atoms with E-state index in [4.69, 9.17) is 14.2 Å². The number of Topliss-reactive ketones (excluding diaryl/α,β-unsaturated/α-hetero) is 1. The van der Waals surface area contributed by atoms with Crippen LogP contribution in [0, 0.1) is 34.0 Å². The molecule has 1 N–H and O–H groups in total. The van der Waals surface area contributed by atoms with E-state index in [0.29, 0.717) is 18.4 Å². The molecule has 4 bridgehead atoms. The molecule has 2 spiro atoms. The fourth-order valence-electron chi connectivity index (χ4n) is 8.45. The molecule has 2 saturated heterocycles. The van der Waals surface area contributed by atoms with Crippen LogP contribution in [0.3, 0.4) is 0 Å². The average molecular weight is 433 g/mol. The molecule has 7 heteroatoms. The van der Waals surface area contributed by atoms with E-state index in [0.717, 1.165) is 19.3 Å². The Morgan fingerprint density at radius 2 is 1.81 bits per heavy atom. The Bertz CT molecular complexity index is 892. The number of aliphatic hydroxyl groups is 1. The van der Waals surface area contributed by atoms with Gasteiger partial charge in [-0.3, -0.25) is 14.4 Å². The van der Waals surface area contributed by atoms with Crippen LogP contribution in [-0.2, 0) is 28.6 Å². The number of hydrogen-bond donors (Lipinski definition) is 1. The molecule has 0 aromatic heterocycles. The summed E-state index contributed by atoms with van der Waals surface area (Å²) in [4.78, 5) is 38.0. The summed E-state index contributed by atoms with van der Waals surface area (Å²) >= 11 is 0. The molecule has 0 aromatic rings. The Labute approximate surface area is 182 Å². The van der Waals surface area contributed by atoms with Gasteiger partial charge in [0.15, 0.2) is 11.9 Å². The first-order valence-corrected chi connectivity index (χ1v) is 11.4. The third-order valence-electron chi connectivity index (χ3n) is 9.35. The standard InChI is InChI=1S/C24H32O7/c1-12-15-6-7-16-22-11-29-24(28,23(16,10-15)19(12)27)20(31-14(3)26)18(22)21(4,5)9-8-17(22)30-13(2)25/h15-18,20,28H,1,6-11H2,2-5H3. The molecule has 4 aliphatic carbocycles. The Morgan fingerprint density at radius 3 is 2.45 bits per heavy atom. The van der Waals surface area contributed by atoms with E-state index in [9.17, 15) is 19.5 Å². The highest BCUT2D eigenvalue weighted by molar-refractivity contribution is 6.04. The topological polar surface area (TPSA) is 99.1 Å². The predicted molar refractivity (Wildman–Crippen MR) is 108 cm³/mol. The molecule has 2 aliphatic heterocycles. The van der Waals surface area contributed by atoms with Gasteiger partial charge >= 0.3 is 11.9 Å². The van der Waals surface area contributed by atoms with E-state index < -0.39 is 34.8 Å². The molecule has 6 rings (SSSR count). The summed E-state index contributed by atoms with van der Waals surface area (Å²) in [6, 6.07) is 0. The first kappa shape index (κ1) is 21.1. The van der Waals surface area contributed by atoms with Gasteiger partial charge in [0.25, 0.3) is 0 Å². The third-order valence-corrected chi connectivity index (χ3v) is 9.35.